The number of nitrogens with two attached hydrogens (primary N) is 1. The van der Waals surface area contributed by atoms with E-state index in [2.05, 4.69) is 17.1 Å². The molecule has 1 aromatic heterocycles. The lowest BCUT2D eigenvalue weighted by Crippen LogP contribution is -2.24. The van der Waals surface area contributed by atoms with Crippen molar-refractivity contribution in [2.24, 2.45) is 5.73 Å². The van der Waals surface area contributed by atoms with Crippen molar-refractivity contribution in [3.05, 3.63) is 36.0 Å². The molecule has 0 radical (unpaired) electrons. The molecule has 2 nitrogen and oxygen atoms in total. The Kier molecular flexibility index (Phi) is 6.84. The van der Waals surface area contributed by atoms with Crippen LogP contribution in [0.1, 0.15) is 5.56 Å². The highest BCUT2D eigenvalue weighted by molar-refractivity contribution is 6.18. The fourth-order valence-electron chi connectivity index (χ4n) is 1.64. The second-order valence-corrected chi connectivity index (χ2v) is 3.79. The summed E-state index contributed by atoms with van der Waals surface area (Å²) >= 11 is 5.68. The maximum atomic E-state index is 5.81. The number of hydrogen-bond donors (Lipinski definition) is 2. The summed E-state index contributed by atoms with van der Waals surface area (Å²) in [5, 5.41) is 1.24. The first-order chi connectivity index (χ1) is 6.81. The van der Waals surface area contributed by atoms with Crippen LogP contribution in [0.3, 0.4) is 0 Å². The first kappa shape index (κ1) is 15.6. The van der Waals surface area contributed by atoms with Crippen molar-refractivity contribution in [2.45, 2.75) is 12.5 Å². The van der Waals surface area contributed by atoms with Gasteiger partial charge in [-0.2, -0.15) is 0 Å². The van der Waals surface area contributed by atoms with Gasteiger partial charge in [-0.05, 0) is 18.1 Å². The monoisotopic (exact) mass is 280 g/mol. The highest BCUT2D eigenvalue weighted by Crippen LogP contribution is 2.18. The van der Waals surface area contributed by atoms with Crippen molar-refractivity contribution in [1.29, 1.82) is 0 Å². The molecule has 0 saturated carbocycles. The summed E-state index contributed by atoms with van der Waals surface area (Å²) in [5.74, 6) is 0.500. The zero-order chi connectivity index (χ0) is 9.97. The summed E-state index contributed by atoms with van der Waals surface area (Å²) in [6.07, 6.45) is 2.84. The number of alkyl halides is 1. The molecule has 0 aliphatic carbocycles. The highest BCUT2D eigenvalue weighted by atomic mass is 35.5. The van der Waals surface area contributed by atoms with Gasteiger partial charge in [0.15, 0.2) is 0 Å². The van der Waals surface area contributed by atoms with Crippen LogP contribution in [0.15, 0.2) is 30.5 Å². The molecule has 1 aromatic carbocycles. The summed E-state index contributed by atoms with van der Waals surface area (Å²) in [7, 11) is 0. The van der Waals surface area contributed by atoms with Gasteiger partial charge in [0.05, 0.1) is 0 Å². The summed E-state index contributed by atoms with van der Waals surface area (Å²) in [6, 6.07) is 8.25. The Morgan fingerprint density at radius 1 is 1.25 bits per heavy atom. The minimum Gasteiger partial charge on any atom is -0.361 e. The highest BCUT2D eigenvalue weighted by Gasteiger charge is 2.06. The maximum absolute atomic E-state index is 5.81. The second kappa shape index (κ2) is 7.02. The average molecular weight is 282 g/mol. The molecule has 3 N–H and O–H groups in total. The largest absolute Gasteiger partial charge is 0.361 e. The molecule has 2 rings (SSSR count). The molecule has 0 aliphatic rings. The normalized spacial score (nSPS) is 11.6. The number of fused-ring (bicyclic) bond motifs is 1. The number of rotatable bonds is 3. The first-order valence-corrected chi connectivity index (χ1v) is 5.21. The van der Waals surface area contributed by atoms with E-state index in [-0.39, 0.29) is 30.9 Å². The molecule has 1 atom stereocenters. The minimum absolute atomic E-state index is 0. The molecule has 0 aliphatic heterocycles. The molecule has 1 heterocycles. The van der Waals surface area contributed by atoms with Crippen LogP contribution in [0.2, 0.25) is 0 Å². The Hall–Kier alpha value is -0.410. The zero-order valence-electron chi connectivity index (χ0n) is 8.65. The molecule has 0 unspecified atom stereocenters. The standard InChI is InChI=1S/C11H13ClN2.2ClH/c12-6-9(13)5-8-7-14-11-4-2-1-3-10(8)11;;/h1-4,7,9,14H,5-6,13H2;2*1H/t9-;;/m0../s1. The number of aromatic amines is 1. The Morgan fingerprint density at radius 3 is 2.62 bits per heavy atom. The Labute approximate surface area is 112 Å². The number of nitrogens with one attached hydrogen (secondary N) is 1. The molecule has 5 heteroatoms. The van der Waals surface area contributed by atoms with Gasteiger partial charge < -0.3 is 10.7 Å². The van der Waals surface area contributed by atoms with Crippen LogP contribution in [0.4, 0.5) is 0 Å². The van der Waals surface area contributed by atoms with Gasteiger partial charge in [0, 0.05) is 29.0 Å². The van der Waals surface area contributed by atoms with E-state index >= 15 is 0 Å². The van der Waals surface area contributed by atoms with Crippen molar-refractivity contribution < 1.29 is 0 Å². The molecular formula is C11H15Cl3N2. The third kappa shape index (κ3) is 3.29. The molecule has 90 valence electrons. The van der Waals surface area contributed by atoms with Gasteiger partial charge in [-0.1, -0.05) is 18.2 Å². The van der Waals surface area contributed by atoms with Crippen LogP contribution in [0.5, 0.6) is 0 Å². The van der Waals surface area contributed by atoms with Crippen molar-refractivity contribution in [3.8, 4) is 0 Å². The first-order valence-electron chi connectivity index (χ1n) is 4.68. The quantitative estimate of drug-likeness (QED) is 0.834. The SMILES string of the molecule is Cl.Cl.N[C@H](CCl)Cc1c[nH]c2ccccc12. The van der Waals surface area contributed by atoms with Crippen LogP contribution >= 0.6 is 36.4 Å². The van der Waals surface area contributed by atoms with Gasteiger partial charge in [-0.15, -0.1) is 36.4 Å². The van der Waals surface area contributed by atoms with Gasteiger partial charge in [-0.25, -0.2) is 0 Å². The molecule has 0 bridgehead atoms. The third-order valence-electron chi connectivity index (χ3n) is 2.36. The molecule has 0 saturated heterocycles. The summed E-state index contributed by atoms with van der Waals surface area (Å²) in [6.45, 7) is 0. The number of hydrogen-bond acceptors (Lipinski definition) is 1. The van der Waals surface area contributed by atoms with E-state index < -0.39 is 0 Å². The number of H-pyrrole nitrogens is 1. The molecule has 0 fully saturated rings. The van der Waals surface area contributed by atoms with Crippen molar-refractivity contribution in [3.63, 3.8) is 0 Å². The lowest BCUT2D eigenvalue weighted by atomic mass is 10.1. The van der Waals surface area contributed by atoms with Gasteiger partial charge in [0.25, 0.3) is 0 Å². The fourth-order valence-corrected chi connectivity index (χ4v) is 1.75. The number of benzene rings is 1. The van der Waals surface area contributed by atoms with Crippen molar-refractivity contribution >= 4 is 47.3 Å². The third-order valence-corrected chi connectivity index (χ3v) is 2.75. The predicted octanol–water partition coefficient (Wildman–Crippen LogP) is 3.12. The summed E-state index contributed by atoms with van der Waals surface area (Å²) in [4.78, 5) is 3.22. The Morgan fingerprint density at radius 2 is 1.94 bits per heavy atom. The van der Waals surface area contributed by atoms with Crippen LogP contribution < -0.4 is 5.73 Å². The topological polar surface area (TPSA) is 41.8 Å². The maximum Gasteiger partial charge on any atom is 0.0456 e. The lowest BCUT2D eigenvalue weighted by molar-refractivity contribution is 0.748. The smallest absolute Gasteiger partial charge is 0.0456 e. The number of para-hydroxylation sites is 1. The molecule has 0 spiro atoms. The number of aromatic nitrogens is 1. The van der Waals surface area contributed by atoms with Gasteiger partial charge >= 0.3 is 0 Å². The molecule has 2 aromatic rings. The number of halogens is 3. The van der Waals surface area contributed by atoms with Crippen LogP contribution in [0, 0.1) is 0 Å². The van der Waals surface area contributed by atoms with Gasteiger partial charge in [0.1, 0.15) is 0 Å². The van der Waals surface area contributed by atoms with E-state index in [1.807, 2.05) is 18.3 Å². The van der Waals surface area contributed by atoms with E-state index in [9.17, 15) is 0 Å². The van der Waals surface area contributed by atoms with Crippen LogP contribution in [-0.2, 0) is 6.42 Å². The van der Waals surface area contributed by atoms with E-state index in [0.717, 1.165) is 11.9 Å². The van der Waals surface area contributed by atoms with E-state index in [4.69, 9.17) is 17.3 Å². The predicted molar refractivity (Wildman–Crippen MR) is 75.2 cm³/mol. The summed E-state index contributed by atoms with van der Waals surface area (Å²) < 4.78 is 0. The van der Waals surface area contributed by atoms with Crippen LogP contribution in [-0.4, -0.2) is 16.9 Å². The molecular weight excluding hydrogens is 266 g/mol. The fraction of sp³-hybridized carbons (Fsp3) is 0.273. The Balaban J connectivity index is 0.00000112. The second-order valence-electron chi connectivity index (χ2n) is 3.48. The molecule has 16 heavy (non-hydrogen) atoms. The van der Waals surface area contributed by atoms with Gasteiger partial charge in [0.2, 0.25) is 0 Å². The zero-order valence-corrected chi connectivity index (χ0v) is 11.0. The summed E-state index contributed by atoms with van der Waals surface area (Å²) in [5.41, 5.74) is 8.21. The minimum atomic E-state index is 0. The van der Waals surface area contributed by atoms with E-state index in [1.165, 1.54) is 10.9 Å². The van der Waals surface area contributed by atoms with E-state index in [0.29, 0.717) is 5.88 Å². The van der Waals surface area contributed by atoms with Crippen molar-refractivity contribution in [1.82, 2.24) is 4.98 Å². The van der Waals surface area contributed by atoms with Crippen LogP contribution in [0.25, 0.3) is 10.9 Å². The molecule has 0 amide bonds. The Bertz CT molecular complexity index is 428. The van der Waals surface area contributed by atoms with E-state index in [1.54, 1.807) is 0 Å². The van der Waals surface area contributed by atoms with Gasteiger partial charge in [-0.3, -0.25) is 0 Å². The average Bonchev–Trinajstić information content (AvgIpc) is 2.62. The lowest BCUT2D eigenvalue weighted by Gasteiger charge is -2.05. The van der Waals surface area contributed by atoms with Crippen molar-refractivity contribution in [2.75, 3.05) is 5.88 Å².